The van der Waals surface area contributed by atoms with Crippen molar-refractivity contribution >= 4 is 18.0 Å². The van der Waals surface area contributed by atoms with Gasteiger partial charge in [-0.05, 0) is 32.8 Å². The molecule has 0 amide bonds. The number of hydrogen-bond donors (Lipinski definition) is 2. The van der Waals surface area contributed by atoms with E-state index in [1.807, 2.05) is 20.8 Å². The first-order valence-electron chi connectivity index (χ1n) is 5.11. The summed E-state index contributed by atoms with van der Waals surface area (Å²) in [6, 6.07) is -0.409. The Hall–Kier alpha value is -0.300. The Morgan fingerprint density at radius 3 is 2.56 bits per heavy atom. The first kappa shape index (κ1) is 15.7. The van der Waals surface area contributed by atoms with Crippen molar-refractivity contribution < 1.29 is 18.8 Å². The van der Waals surface area contributed by atoms with Crippen LogP contribution in [0.5, 0.6) is 0 Å². The topological polar surface area (TPSA) is 67.8 Å². The van der Waals surface area contributed by atoms with Crippen LogP contribution in [0, 0.1) is 0 Å². The molecule has 0 aromatic carbocycles. The predicted octanol–water partition coefficient (Wildman–Crippen LogP) is 0.573. The van der Waals surface area contributed by atoms with Gasteiger partial charge in [-0.3, -0.25) is 10.1 Å². The molecule has 96 valence electrons. The molecule has 2 N–H and O–H groups in total. The zero-order chi connectivity index (χ0) is 12.6. The lowest BCUT2D eigenvalue weighted by molar-refractivity contribution is -0.143. The SMILES string of the molecule is COC(=O)[C@@H](CSOCCO)NC(C)(C)C. The van der Waals surface area contributed by atoms with Crippen molar-refractivity contribution in [2.24, 2.45) is 0 Å². The Labute approximate surface area is 101 Å². The second-order valence-electron chi connectivity index (χ2n) is 4.30. The maximum atomic E-state index is 11.5. The molecular formula is C10H21NO4S. The molecule has 0 bridgehead atoms. The van der Waals surface area contributed by atoms with Crippen LogP contribution in [0.4, 0.5) is 0 Å². The standard InChI is InChI=1S/C10H21NO4S/c1-10(2,3)11-8(9(13)14-4)7-16-15-6-5-12/h8,11-12H,5-7H2,1-4H3/t8-/m1/s1. The molecule has 0 saturated heterocycles. The monoisotopic (exact) mass is 251 g/mol. The normalized spacial score (nSPS) is 13.6. The lowest BCUT2D eigenvalue weighted by Crippen LogP contribution is -2.49. The molecule has 0 aromatic heterocycles. The van der Waals surface area contributed by atoms with Crippen molar-refractivity contribution in [3.05, 3.63) is 0 Å². The van der Waals surface area contributed by atoms with Crippen LogP contribution in [0.15, 0.2) is 0 Å². The summed E-state index contributed by atoms with van der Waals surface area (Å²) < 4.78 is 9.74. The third-order valence-corrected chi connectivity index (χ3v) is 2.39. The smallest absolute Gasteiger partial charge is 0.323 e. The average molecular weight is 251 g/mol. The first-order valence-corrected chi connectivity index (χ1v) is 6.02. The van der Waals surface area contributed by atoms with Gasteiger partial charge >= 0.3 is 5.97 Å². The molecule has 0 aliphatic heterocycles. The van der Waals surface area contributed by atoms with Crippen molar-refractivity contribution in [2.45, 2.75) is 32.4 Å². The van der Waals surface area contributed by atoms with Crippen LogP contribution in [0.25, 0.3) is 0 Å². The first-order chi connectivity index (χ1) is 7.40. The van der Waals surface area contributed by atoms with E-state index in [0.717, 1.165) is 12.0 Å². The van der Waals surface area contributed by atoms with Crippen LogP contribution in [0.3, 0.4) is 0 Å². The largest absolute Gasteiger partial charge is 0.468 e. The number of aliphatic hydroxyl groups excluding tert-OH is 1. The Morgan fingerprint density at radius 1 is 1.50 bits per heavy atom. The molecule has 6 heteroatoms. The van der Waals surface area contributed by atoms with Gasteiger partial charge in [0.2, 0.25) is 0 Å². The Balaban J connectivity index is 4.06. The van der Waals surface area contributed by atoms with Gasteiger partial charge in [-0.1, -0.05) is 0 Å². The molecule has 0 radical (unpaired) electrons. The van der Waals surface area contributed by atoms with Crippen molar-refractivity contribution in [3.63, 3.8) is 0 Å². The zero-order valence-electron chi connectivity index (χ0n) is 10.3. The molecule has 0 aromatic rings. The summed E-state index contributed by atoms with van der Waals surface area (Å²) in [5.74, 6) is 0.138. The van der Waals surface area contributed by atoms with Gasteiger partial charge in [-0.25, -0.2) is 0 Å². The molecule has 0 heterocycles. The summed E-state index contributed by atoms with van der Waals surface area (Å²) in [4.78, 5) is 11.5. The average Bonchev–Trinajstić information content (AvgIpc) is 2.19. The zero-order valence-corrected chi connectivity index (χ0v) is 11.1. The van der Waals surface area contributed by atoms with E-state index >= 15 is 0 Å². The lowest BCUT2D eigenvalue weighted by atomic mass is 10.1. The van der Waals surface area contributed by atoms with E-state index in [1.54, 1.807) is 0 Å². The summed E-state index contributed by atoms with van der Waals surface area (Å²) in [5.41, 5.74) is -0.170. The third kappa shape index (κ3) is 7.92. The van der Waals surface area contributed by atoms with Crippen LogP contribution in [0.1, 0.15) is 20.8 Å². The van der Waals surface area contributed by atoms with Gasteiger partial charge in [-0.15, -0.1) is 0 Å². The summed E-state index contributed by atoms with van der Waals surface area (Å²) in [7, 11) is 1.36. The number of hydrogen-bond acceptors (Lipinski definition) is 6. The van der Waals surface area contributed by atoms with Crippen LogP contribution in [-0.4, -0.2) is 48.7 Å². The molecule has 0 saturated carbocycles. The Kier molecular flexibility index (Phi) is 7.74. The number of carbonyl (C=O) groups excluding carboxylic acids is 1. The van der Waals surface area contributed by atoms with Crippen LogP contribution >= 0.6 is 12.0 Å². The van der Waals surface area contributed by atoms with Crippen molar-refractivity contribution in [1.82, 2.24) is 5.32 Å². The minimum Gasteiger partial charge on any atom is -0.468 e. The number of methoxy groups -OCH3 is 1. The van der Waals surface area contributed by atoms with E-state index in [4.69, 9.17) is 14.0 Å². The highest BCUT2D eigenvalue weighted by molar-refractivity contribution is 7.94. The molecular weight excluding hydrogens is 230 g/mol. The Bertz CT molecular complexity index is 205. The molecule has 0 rings (SSSR count). The summed E-state index contributed by atoms with van der Waals surface area (Å²) in [5, 5.41) is 11.7. The number of ether oxygens (including phenoxy) is 1. The van der Waals surface area contributed by atoms with Crippen LogP contribution in [-0.2, 0) is 13.7 Å². The van der Waals surface area contributed by atoms with Crippen molar-refractivity contribution in [2.75, 3.05) is 26.1 Å². The van der Waals surface area contributed by atoms with Gasteiger partial charge in [0.25, 0.3) is 0 Å². The van der Waals surface area contributed by atoms with E-state index in [1.165, 1.54) is 7.11 Å². The number of rotatable bonds is 7. The molecule has 0 aliphatic rings. The summed E-state index contributed by atoms with van der Waals surface area (Å²) in [6.45, 7) is 6.16. The molecule has 0 unspecified atom stereocenters. The quantitative estimate of drug-likeness (QED) is 0.392. The summed E-state index contributed by atoms with van der Waals surface area (Å²) in [6.07, 6.45) is 0. The molecule has 0 aliphatic carbocycles. The fourth-order valence-corrected chi connectivity index (χ4v) is 1.69. The number of nitrogens with one attached hydrogen (secondary N) is 1. The van der Waals surface area contributed by atoms with E-state index in [2.05, 4.69) is 5.32 Å². The van der Waals surface area contributed by atoms with Gasteiger partial charge in [0.1, 0.15) is 6.04 Å². The fourth-order valence-electron chi connectivity index (χ4n) is 1.05. The molecule has 0 spiro atoms. The Morgan fingerprint density at radius 2 is 2.12 bits per heavy atom. The molecule has 5 nitrogen and oxygen atoms in total. The van der Waals surface area contributed by atoms with Crippen molar-refractivity contribution in [1.29, 1.82) is 0 Å². The highest BCUT2D eigenvalue weighted by Gasteiger charge is 2.24. The fraction of sp³-hybridized carbons (Fsp3) is 0.900. The highest BCUT2D eigenvalue weighted by Crippen LogP contribution is 2.09. The second-order valence-corrected chi connectivity index (χ2v) is 5.10. The van der Waals surface area contributed by atoms with E-state index < -0.39 is 6.04 Å². The maximum Gasteiger partial charge on any atom is 0.323 e. The van der Waals surface area contributed by atoms with Gasteiger partial charge in [0.05, 0.1) is 20.3 Å². The molecule has 16 heavy (non-hydrogen) atoms. The summed E-state index contributed by atoms with van der Waals surface area (Å²) >= 11 is 1.15. The van der Waals surface area contributed by atoms with Crippen LogP contribution in [0.2, 0.25) is 0 Å². The minimum absolute atomic E-state index is 0.0252. The minimum atomic E-state index is -0.409. The van der Waals surface area contributed by atoms with E-state index in [9.17, 15) is 4.79 Å². The van der Waals surface area contributed by atoms with Gasteiger partial charge in [0, 0.05) is 11.3 Å². The second kappa shape index (κ2) is 7.89. The van der Waals surface area contributed by atoms with Gasteiger partial charge in [0.15, 0.2) is 0 Å². The van der Waals surface area contributed by atoms with Gasteiger partial charge in [-0.2, -0.15) is 0 Å². The lowest BCUT2D eigenvalue weighted by Gasteiger charge is -2.26. The van der Waals surface area contributed by atoms with Crippen molar-refractivity contribution in [3.8, 4) is 0 Å². The number of esters is 1. The van der Waals surface area contributed by atoms with Gasteiger partial charge < -0.3 is 14.0 Å². The molecule has 0 fully saturated rings. The maximum absolute atomic E-state index is 11.5. The highest BCUT2D eigenvalue weighted by atomic mass is 32.2. The van der Waals surface area contributed by atoms with Crippen LogP contribution < -0.4 is 5.32 Å². The van der Waals surface area contributed by atoms with E-state index in [0.29, 0.717) is 5.75 Å². The number of carbonyl (C=O) groups is 1. The number of aliphatic hydroxyl groups is 1. The third-order valence-electron chi connectivity index (χ3n) is 1.59. The predicted molar refractivity (Wildman–Crippen MR) is 64.2 cm³/mol. The molecule has 1 atom stereocenters. The van der Waals surface area contributed by atoms with E-state index in [-0.39, 0.29) is 24.7 Å².